The fourth-order valence-electron chi connectivity index (χ4n) is 2.24. The summed E-state index contributed by atoms with van der Waals surface area (Å²) in [5.74, 6) is 2.34. The van der Waals surface area contributed by atoms with E-state index in [1.54, 1.807) is 0 Å². The predicted molar refractivity (Wildman–Crippen MR) is 83.3 cm³/mol. The summed E-state index contributed by atoms with van der Waals surface area (Å²) in [6.45, 7) is 1.31. The van der Waals surface area contributed by atoms with Crippen LogP contribution in [0.3, 0.4) is 0 Å². The first kappa shape index (κ1) is 14.3. The number of aryl methyl sites for hydroxylation is 1. The van der Waals surface area contributed by atoms with E-state index in [0.29, 0.717) is 13.0 Å². The summed E-state index contributed by atoms with van der Waals surface area (Å²) in [4.78, 5) is 9.10. The standard InChI is InChI=1S/C14H18N8/c15-8-7-12-17-11-5-2-1-4-10(11)14(18-12)16-9-3-6-13-19-21-22-20-13/h1-2,4-5H,3,6-9,15H2,(H,16,17,18)(H,19,20,21,22). The summed E-state index contributed by atoms with van der Waals surface area (Å²) >= 11 is 0. The van der Waals surface area contributed by atoms with E-state index in [1.165, 1.54) is 0 Å². The van der Waals surface area contributed by atoms with Crippen LogP contribution in [0.15, 0.2) is 24.3 Å². The molecule has 2 aromatic heterocycles. The zero-order valence-electron chi connectivity index (χ0n) is 12.2. The van der Waals surface area contributed by atoms with Gasteiger partial charge in [-0.3, -0.25) is 0 Å². The number of anilines is 1. The van der Waals surface area contributed by atoms with Crippen molar-refractivity contribution in [2.24, 2.45) is 5.73 Å². The first-order valence-corrected chi connectivity index (χ1v) is 7.29. The first-order chi connectivity index (χ1) is 10.9. The first-order valence-electron chi connectivity index (χ1n) is 7.29. The Kier molecular flexibility index (Phi) is 4.50. The molecule has 0 unspecified atom stereocenters. The van der Waals surface area contributed by atoms with Gasteiger partial charge < -0.3 is 11.1 Å². The highest BCUT2D eigenvalue weighted by molar-refractivity contribution is 5.88. The number of benzene rings is 1. The van der Waals surface area contributed by atoms with Crippen LogP contribution in [0.25, 0.3) is 10.9 Å². The van der Waals surface area contributed by atoms with E-state index in [9.17, 15) is 0 Å². The van der Waals surface area contributed by atoms with E-state index >= 15 is 0 Å². The zero-order valence-corrected chi connectivity index (χ0v) is 12.2. The van der Waals surface area contributed by atoms with Gasteiger partial charge in [0.15, 0.2) is 5.82 Å². The summed E-state index contributed by atoms with van der Waals surface area (Å²) in [5.41, 5.74) is 6.54. The van der Waals surface area contributed by atoms with Gasteiger partial charge in [0.1, 0.15) is 11.6 Å². The van der Waals surface area contributed by atoms with E-state index in [-0.39, 0.29) is 0 Å². The van der Waals surface area contributed by atoms with E-state index in [1.807, 2.05) is 24.3 Å². The van der Waals surface area contributed by atoms with E-state index in [4.69, 9.17) is 5.73 Å². The predicted octanol–water partition coefficient (Wildman–Crippen LogP) is 0.689. The third-order valence-corrected chi connectivity index (χ3v) is 3.28. The lowest BCUT2D eigenvalue weighted by Gasteiger charge is -2.10. The second-order valence-electron chi connectivity index (χ2n) is 4.90. The Morgan fingerprint density at radius 1 is 1.09 bits per heavy atom. The minimum Gasteiger partial charge on any atom is -0.369 e. The third kappa shape index (κ3) is 3.34. The van der Waals surface area contributed by atoms with Gasteiger partial charge in [-0.15, -0.1) is 10.2 Å². The van der Waals surface area contributed by atoms with E-state index in [2.05, 4.69) is 35.9 Å². The van der Waals surface area contributed by atoms with Gasteiger partial charge in [0.05, 0.1) is 5.52 Å². The molecule has 3 rings (SSSR count). The maximum absolute atomic E-state index is 5.61. The van der Waals surface area contributed by atoms with Gasteiger partial charge in [-0.25, -0.2) is 9.97 Å². The monoisotopic (exact) mass is 298 g/mol. The Morgan fingerprint density at radius 3 is 2.82 bits per heavy atom. The molecule has 0 bridgehead atoms. The van der Waals surface area contributed by atoms with Crippen molar-refractivity contribution in [1.29, 1.82) is 0 Å². The molecule has 8 nitrogen and oxygen atoms in total. The van der Waals surface area contributed by atoms with E-state index in [0.717, 1.165) is 47.8 Å². The molecule has 0 spiro atoms. The van der Waals surface area contributed by atoms with Crippen molar-refractivity contribution in [3.63, 3.8) is 0 Å². The van der Waals surface area contributed by atoms with Crippen LogP contribution in [0.1, 0.15) is 18.1 Å². The van der Waals surface area contributed by atoms with Crippen LogP contribution in [0, 0.1) is 0 Å². The Hall–Kier alpha value is -2.61. The van der Waals surface area contributed by atoms with E-state index < -0.39 is 0 Å². The Morgan fingerprint density at radius 2 is 2.00 bits per heavy atom. The number of nitrogens with two attached hydrogens (primary N) is 1. The van der Waals surface area contributed by atoms with Crippen LogP contribution in [0.4, 0.5) is 5.82 Å². The van der Waals surface area contributed by atoms with Gasteiger partial charge in [0.2, 0.25) is 0 Å². The summed E-state index contributed by atoms with van der Waals surface area (Å²) in [5, 5.41) is 18.3. The van der Waals surface area contributed by atoms with Crippen molar-refractivity contribution in [2.75, 3.05) is 18.4 Å². The highest BCUT2D eigenvalue weighted by Gasteiger charge is 2.07. The number of nitrogens with one attached hydrogen (secondary N) is 2. The van der Waals surface area contributed by atoms with Gasteiger partial charge in [-0.2, -0.15) is 5.21 Å². The van der Waals surface area contributed by atoms with Crippen LogP contribution in [0.5, 0.6) is 0 Å². The molecule has 0 aliphatic heterocycles. The average molecular weight is 298 g/mol. The molecule has 0 aliphatic rings. The van der Waals surface area contributed by atoms with Gasteiger partial charge in [-0.05, 0) is 25.1 Å². The number of hydrogen-bond donors (Lipinski definition) is 3. The average Bonchev–Trinajstić information content (AvgIpc) is 3.05. The van der Waals surface area contributed by atoms with Gasteiger partial charge in [0, 0.05) is 24.8 Å². The normalized spacial score (nSPS) is 11.0. The van der Waals surface area contributed by atoms with Crippen LogP contribution < -0.4 is 11.1 Å². The molecule has 0 amide bonds. The fraction of sp³-hybridized carbons (Fsp3) is 0.357. The summed E-state index contributed by atoms with van der Waals surface area (Å²) in [6, 6.07) is 7.96. The molecule has 114 valence electrons. The Balaban J connectivity index is 1.71. The van der Waals surface area contributed by atoms with Crippen LogP contribution in [0.2, 0.25) is 0 Å². The number of rotatable bonds is 7. The number of para-hydroxylation sites is 1. The number of aromatic amines is 1. The number of fused-ring (bicyclic) bond motifs is 1. The maximum Gasteiger partial charge on any atom is 0.174 e. The van der Waals surface area contributed by atoms with Crippen LogP contribution >= 0.6 is 0 Å². The quantitative estimate of drug-likeness (QED) is 0.549. The maximum atomic E-state index is 5.61. The van der Waals surface area contributed by atoms with Gasteiger partial charge >= 0.3 is 0 Å². The molecule has 0 saturated heterocycles. The van der Waals surface area contributed by atoms with Crippen molar-refractivity contribution in [2.45, 2.75) is 19.3 Å². The fourth-order valence-corrected chi connectivity index (χ4v) is 2.24. The zero-order chi connectivity index (χ0) is 15.2. The number of H-pyrrole nitrogens is 1. The summed E-state index contributed by atoms with van der Waals surface area (Å²) in [6.07, 6.45) is 2.33. The number of aromatic nitrogens is 6. The molecule has 0 radical (unpaired) electrons. The van der Waals surface area contributed by atoms with Crippen molar-refractivity contribution in [3.8, 4) is 0 Å². The molecule has 8 heteroatoms. The third-order valence-electron chi connectivity index (χ3n) is 3.28. The van der Waals surface area contributed by atoms with Crippen molar-refractivity contribution in [3.05, 3.63) is 35.9 Å². The molecule has 0 aliphatic carbocycles. The van der Waals surface area contributed by atoms with Gasteiger partial charge in [-0.1, -0.05) is 17.3 Å². The minimum atomic E-state index is 0.537. The molecule has 0 atom stereocenters. The highest BCUT2D eigenvalue weighted by atomic mass is 15.5. The minimum absolute atomic E-state index is 0.537. The molecule has 22 heavy (non-hydrogen) atoms. The number of tetrazole rings is 1. The molecule has 2 heterocycles. The topological polar surface area (TPSA) is 118 Å². The lowest BCUT2D eigenvalue weighted by atomic mass is 10.2. The molecule has 0 fully saturated rings. The molecular weight excluding hydrogens is 280 g/mol. The Labute approximate surface area is 127 Å². The molecule has 3 aromatic rings. The van der Waals surface area contributed by atoms with Crippen LogP contribution in [-0.2, 0) is 12.8 Å². The smallest absolute Gasteiger partial charge is 0.174 e. The van der Waals surface area contributed by atoms with Crippen molar-refractivity contribution >= 4 is 16.7 Å². The highest BCUT2D eigenvalue weighted by Crippen LogP contribution is 2.20. The Bertz CT molecular complexity index is 725. The molecule has 0 saturated carbocycles. The number of hydrogen-bond acceptors (Lipinski definition) is 7. The SMILES string of the molecule is NCCc1nc(NCCCc2nn[nH]n2)c2ccccc2n1. The summed E-state index contributed by atoms with van der Waals surface area (Å²) < 4.78 is 0. The lowest BCUT2D eigenvalue weighted by molar-refractivity contribution is 0.800. The molecule has 4 N–H and O–H groups in total. The lowest BCUT2D eigenvalue weighted by Crippen LogP contribution is -2.11. The second-order valence-corrected chi connectivity index (χ2v) is 4.90. The van der Waals surface area contributed by atoms with Crippen molar-refractivity contribution < 1.29 is 0 Å². The largest absolute Gasteiger partial charge is 0.369 e. The number of nitrogens with zero attached hydrogens (tertiary/aromatic N) is 5. The van der Waals surface area contributed by atoms with Gasteiger partial charge in [0.25, 0.3) is 0 Å². The molecular formula is C14H18N8. The molecule has 1 aromatic carbocycles. The summed E-state index contributed by atoms with van der Waals surface area (Å²) in [7, 11) is 0. The van der Waals surface area contributed by atoms with Crippen LogP contribution in [-0.4, -0.2) is 43.7 Å². The van der Waals surface area contributed by atoms with Crippen molar-refractivity contribution in [1.82, 2.24) is 30.6 Å². The second kappa shape index (κ2) is 6.90.